The van der Waals surface area contributed by atoms with Crippen LogP contribution >= 0.6 is 0 Å². The Labute approximate surface area is 298 Å². The summed E-state index contributed by atoms with van der Waals surface area (Å²) >= 11 is 0. The molecule has 0 aromatic rings. The zero-order valence-corrected chi connectivity index (χ0v) is 31.6. The van der Waals surface area contributed by atoms with Crippen molar-refractivity contribution < 1.29 is 38.2 Å². The van der Waals surface area contributed by atoms with Crippen molar-refractivity contribution in [2.75, 3.05) is 41.0 Å². The molecule has 8 nitrogen and oxygen atoms in total. The first-order valence-electron chi connectivity index (χ1n) is 18.8. The van der Waals surface area contributed by atoms with Gasteiger partial charge in [0.25, 0.3) is 0 Å². The van der Waals surface area contributed by atoms with E-state index in [9.17, 15) is 19.5 Å². The molecule has 0 aliphatic carbocycles. The van der Waals surface area contributed by atoms with Crippen molar-refractivity contribution in [2.24, 2.45) is 0 Å². The molecule has 0 radical (unpaired) electrons. The van der Waals surface area contributed by atoms with Gasteiger partial charge >= 0.3 is 11.9 Å². The lowest BCUT2D eigenvalue weighted by Gasteiger charge is -2.34. The predicted molar refractivity (Wildman–Crippen MR) is 199 cm³/mol. The highest BCUT2D eigenvalue weighted by Gasteiger charge is 2.25. The van der Waals surface area contributed by atoms with Crippen molar-refractivity contribution >= 4 is 17.9 Å². The van der Waals surface area contributed by atoms with E-state index in [1.54, 1.807) is 21.1 Å². The van der Waals surface area contributed by atoms with Crippen LogP contribution in [0, 0.1) is 0 Å². The van der Waals surface area contributed by atoms with Crippen LogP contribution < -0.4 is 5.11 Å². The Bertz CT molecular complexity index is 990. The average molecular weight is 688 g/mol. The second kappa shape index (κ2) is 32.2. The van der Waals surface area contributed by atoms with Gasteiger partial charge in [-0.2, -0.15) is 0 Å². The smallest absolute Gasteiger partial charge is 0.306 e. The Morgan fingerprint density at radius 1 is 0.653 bits per heavy atom. The Morgan fingerprint density at radius 3 is 1.88 bits per heavy atom. The number of rotatable bonds is 32. The largest absolute Gasteiger partial charge is 0.544 e. The molecule has 0 amide bonds. The molecule has 0 saturated carbocycles. The SMILES string of the molecule is CC/C=C/C/C=C/CCC(=O)OC(COCCC(C(=O)[O-])[N+](C)(C)C)COC(=O)CCCCCCC/C=C/C=C/C=C/CCCCCCC. The van der Waals surface area contributed by atoms with Crippen LogP contribution in [0.25, 0.3) is 0 Å². The Kier molecular flexibility index (Phi) is 30.3. The summed E-state index contributed by atoms with van der Waals surface area (Å²) in [7, 11) is 5.35. The van der Waals surface area contributed by atoms with Crippen molar-refractivity contribution in [2.45, 2.75) is 142 Å². The lowest BCUT2D eigenvalue weighted by atomic mass is 10.1. The Hall–Kier alpha value is -2.97. The number of nitrogens with zero attached hydrogens (tertiary/aromatic N) is 1. The topological polar surface area (TPSA) is 102 Å². The summed E-state index contributed by atoms with van der Waals surface area (Å²) in [4.78, 5) is 36.4. The van der Waals surface area contributed by atoms with E-state index in [4.69, 9.17) is 14.2 Å². The molecule has 0 fully saturated rings. The first kappa shape index (κ1) is 46.0. The number of unbranched alkanes of at least 4 members (excludes halogenated alkanes) is 10. The van der Waals surface area contributed by atoms with Gasteiger partial charge in [0, 0.05) is 19.3 Å². The van der Waals surface area contributed by atoms with Gasteiger partial charge in [-0.1, -0.05) is 120 Å². The molecule has 0 saturated heterocycles. The Morgan fingerprint density at radius 2 is 1.27 bits per heavy atom. The molecule has 0 aromatic heterocycles. The fourth-order valence-corrected chi connectivity index (χ4v) is 5.01. The highest BCUT2D eigenvalue weighted by Crippen LogP contribution is 2.11. The number of ether oxygens (including phenoxy) is 3. The van der Waals surface area contributed by atoms with Crippen LogP contribution in [0.2, 0.25) is 0 Å². The molecule has 280 valence electrons. The summed E-state index contributed by atoms with van der Waals surface area (Å²) in [6.45, 7) is 4.38. The minimum absolute atomic E-state index is 0.00765. The van der Waals surface area contributed by atoms with Crippen LogP contribution in [-0.4, -0.2) is 75.5 Å². The molecule has 0 aliphatic heterocycles. The van der Waals surface area contributed by atoms with Crippen LogP contribution in [0.3, 0.4) is 0 Å². The van der Waals surface area contributed by atoms with Gasteiger partial charge in [0.05, 0.1) is 40.3 Å². The molecule has 0 heterocycles. The third-order valence-electron chi connectivity index (χ3n) is 7.96. The van der Waals surface area contributed by atoms with Gasteiger partial charge in [-0.25, -0.2) is 0 Å². The van der Waals surface area contributed by atoms with Crippen molar-refractivity contribution in [1.82, 2.24) is 0 Å². The molecular formula is C41H69NO7. The highest BCUT2D eigenvalue weighted by molar-refractivity contribution is 5.70. The molecule has 49 heavy (non-hydrogen) atoms. The third-order valence-corrected chi connectivity index (χ3v) is 7.96. The van der Waals surface area contributed by atoms with Gasteiger partial charge in [-0.15, -0.1) is 0 Å². The van der Waals surface area contributed by atoms with Crippen LogP contribution in [0.15, 0.2) is 60.8 Å². The minimum Gasteiger partial charge on any atom is -0.544 e. The summed E-state index contributed by atoms with van der Waals surface area (Å²) in [5.74, 6) is -1.87. The van der Waals surface area contributed by atoms with Crippen molar-refractivity contribution in [3.63, 3.8) is 0 Å². The second-order valence-corrected chi connectivity index (χ2v) is 13.5. The maximum atomic E-state index is 12.5. The van der Waals surface area contributed by atoms with Crippen LogP contribution in [-0.2, 0) is 28.6 Å². The summed E-state index contributed by atoms with van der Waals surface area (Å²) in [6.07, 6.45) is 37.2. The Balaban J connectivity index is 4.39. The highest BCUT2D eigenvalue weighted by atomic mass is 16.6. The molecule has 0 aromatic carbocycles. The zero-order chi connectivity index (χ0) is 36.4. The minimum atomic E-state index is -1.14. The average Bonchev–Trinajstić information content (AvgIpc) is 3.05. The number of carboxylic acid groups (broad SMARTS) is 1. The number of carbonyl (C=O) groups excluding carboxylic acids is 3. The van der Waals surface area contributed by atoms with Crippen LogP contribution in [0.4, 0.5) is 0 Å². The monoisotopic (exact) mass is 688 g/mol. The van der Waals surface area contributed by atoms with E-state index in [2.05, 4.69) is 62.5 Å². The van der Waals surface area contributed by atoms with Gasteiger partial charge < -0.3 is 28.6 Å². The molecule has 0 rings (SSSR count). The number of hydrogen-bond acceptors (Lipinski definition) is 7. The fourth-order valence-electron chi connectivity index (χ4n) is 5.01. The van der Waals surface area contributed by atoms with E-state index >= 15 is 0 Å². The van der Waals surface area contributed by atoms with Gasteiger partial charge in [0.15, 0.2) is 6.10 Å². The number of aliphatic carboxylic acids is 1. The molecule has 8 heteroatoms. The summed E-state index contributed by atoms with van der Waals surface area (Å²) < 4.78 is 16.9. The van der Waals surface area contributed by atoms with Crippen molar-refractivity contribution in [1.29, 1.82) is 0 Å². The lowest BCUT2D eigenvalue weighted by molar-refractivity contribution is -0.889. The van der Waals surface area contributed by atoms with E-state index in [0.29, 0.717) is 12.8 Å². The van der Waals surface area contributed by atoms with Crippen LogP contribution in [0.5, 0.6) is 0 Å². The maximum absolute atomic E-state index is 12.5. The van der Waals surface area contributed by atoms with Gasteiger partial charge in [0.1, 0.15) is 12.6 Å². The number of hydrogen-bond donors (Lipinski definition) is 0. The quantitative estimate of drug-likeness (QED) is 0.0231. The summed E-state index contributed by atoms with van der Waals surface area (Å²) in [6, 6.07) is -0.738. The number of esters is 2. The summed E-state index contributed by atoms with van der Waals surface area (Å²) in [5.41, 5.74) is 0. The van der Waals surface area contributed by atoms with E-state index in [1.165, 1.54) is 32.1 Å². The van der Waals surface area contributed by atoms with E-state index in [0.717, 1.165) is 57.8 Å². The number of likely N-dealkylation sites (N-methyl/N-ethyl adjacent to an activating group) is 1. The number of carbonyl (C=O) groups is 3. The second-order valence-electron chi connectivity index (χ2n) is 13.5. The van der Waals surface area contributed by atoms with Crippen LogP contribution in [0.1, 0.15) is 129 Å². The lowest BCUT2D eigenvalue weighted by Crippen LogP contribution is -2.55. The molecule has 0 bridgehead atoms. The molecule has 0 N–H and O–H groups in total. The van der Waals surface area contributed by atoms with Crippen molar-refractivity contribution in [3.8, 4) is 0 Å². The van der Waals surface area contributed by atoms with Gasteiger partial charge in [0.2, 0.25) is 0 Å². The maximum Gasteiger partial charge on any atom is 0.306 e. The molecule has 0 spiro atoms. The number of quaternary nitrogens is 1. The zero-order valence-electron chi connectivity index (χ0n) is 31.6. The molecule has 0 aliphatic rings. The number of allylic oxidation sites excluding steroid dienone is 10. The predicted octanol–water partition coefficient (Wildman–Crippen LogP) is 8.13. The first-order chi connectivity index (χ1) is 23.6. The van der Waals surface area contributed by atoms with Crippen molar-refractivity contribution in [3.05, 3.63) is 60.8 Å². The molecule has 2 unspecified atom stereocenters. The standard InChI is InChI=1S/C41H69NO7/c1-6-8-10-12-14-15-16-17-18-19-20-21-22-23-24-26-27-29-31-39(43)48-36-37(35-47-34-33-38(41(45)46)42(3,4)5)49-40(44)32-30-28-25-13-11-9-7-2/h9,11,16-21,25,28,37-38H,6-8,10,12-15,22-24,26-27,29-36H2,1-5H3/b11-9+,17-16+,19-18+,21-20+,28-25+. The number of carboxylic acids is 1. The summed E-state index contributed by atoms with van der Waals surface area (Å²) in [5, 5.41) is 11.5. The van der Waals surface area contributed by atoms with Gasteiger partial charge in [-0.3, -0.25) is 9.59 Å². The first-order valence-corrected chi connectivity index (χ1v) is 18.8. The fraction of sp³-hybridized carbons (Fsp3) is 0.683. The molecular weight excluding hydrogens is 618 g/mol. The van der Waals surface area contributed by atoms with E-state index < -0.39 is 24.1 Å². The van der Waals surface area contributed by atoms with Gasteiger partial charge in [-0.05, 0) is 51.4 Å². The molecule has 2 atom stereocenters. The third kappa shape index (κ3) is 30.8. The normalized spacial score (nSPS) is 13.7. The van der Waals surface area contributed by atoms with E-state index in [1.807, 2.05) is 12.2 Å². The van der Waals surface area contributed by atoms with E-state index in [-0.39, 0.29) is 43.1 Å².